The molecule has 2 fully saturated rings. The molecule has 0 aromatic heterocycles. The average molecular weight is 385 g/mol. The van der Waals surface area contributed by atoms with Gasteiger partial charge in [-0.2, -0.15) is 0 Å². The van der Waals surface area contributed by atoms with E-state index < -0.39 is 17.7 Å². The van der Waals surface area contributed by atoms with Crippen molar-refractivity contribution >= 4 is 23.4 Å². The normalized spacial score (nSPS) is 24.0. The van der Waals surface area contributed by atoms with E-state index in [2.05, 4.69) is 10.6 Å². The van der Waals surface area contributed by atoms with Crippen LogP contribution in [0, 0.1) is 23.5 Å². The van der Waals surface area contributed by atoms with Crippen molar-refractivity contribution in [3.8, 4) is 0 Å². The molecule has 0 spiro atoms. The first-order valence-electron chi connectivity index (χ1n) is 9.07. The van der Waals surface area contributed by atoms with Crippen molar-refractivity contribution in [3.05, 3.63) is 34.4 Å². The van der Waals surface area contributed by atoms with Gasteiger partial charge in [-0.3, -0.25) is 9.59 Å². The minimum Gasteiger partial charge on any atom is -0.354 e. The largest absolute Gasteiger partial charge is 0.354 e. The first-order chi connectivity index (χ1) is 12.4. The summed E-state index contributed by atoms with van der Waals surface area (Å²) in [6.07, 6.45) is 4.68. The monoisotopic (exact) mass is 384 g/mol. The number of hydrogen-bond donors (Lipinski definition) is 2. The van der Waals surface area contributed by atoms with Gasteiger partial charge in [0.05, 0.1) is 11.1 Å². The van der Waals surface area contributed by atoms with Gasteiger partial charge in [0, 0.05) is 24.4 Å². The Morgan fingerprint density at radius 2 is 1.85 bits per heavy atom. The molecule has 0 radical (unpaired) electrons. The lowest BCUT2D eigenvalue weighted by atomic mass is 9.79. The van der Waals surface area contributed by atoms with E-state index in [9.17, 15) is 18.4 Å². The van der Waals surface area contributed by atoms with Crippen LogP contribution in [0.5, 0.6) is 0 Å². The molecule has 2 amide bonds. The van der Waals surface area contributed by atoms with Gasteiger partial charge in [0.2, 0.25) is 11.8 Å². The van der Waals surface area contributed by atoms with Crippen LogP contribution in [0.4, 0.5) is 8.78 Å². The first-order valence-corrected chi connectivity index (χ1v) is 9.45. The van der Waals surface area contributed by atoms with Gasteiger partial charge in [-0.1, -0.05) is 24.4 Å². The second-order valence-corrected chi connectivity index (χ2v) is 7.76. The molecule has 1 atom stereocenters. The number of hydrogen-bond acceptors (Lipinski definition) is 2. The molecule has 1 aromatic rings. The van der Waals surface area contributed by atoms with Gasteiger partial charge in [0.15, 0.2) is 0 Å². The molecule has 4 nitrogen and oxygen atoms in total. The SMILES string of the molecule is CC(=O)NC1CC(C(=O)N[C@H](c2c(F)ccc(Cl)c2F)C2CCCC2)C1. The van der Waals surface area contributed by atoms with E-state index in [1.165, 1.54) is 13.0 Å². The fourth-order valence-corrected chi connectivity index (χ4v) is 4.22. The Bertz CT molecular complexity index is 701. The van der Waals surface area contributed by atoms with Gasteiger partial charge in [0.25, 0.3) is 0 Å². The molecule has 2 aliphatic carbocycles. The molecule has 0 saturated heterocycles. The molecule has 1 aromatic carbocycles. The summed E-state index contributed by atoms with van der Waals surface area (Å²) in [5.74, 6) is -2.08. The standard InChI is InChI=1S/C19H23ClF2N2O2/c1-10(25)23-13-8-12(9-13)19(26)24-18(11-4-2-3-5-11)16-15(21)7-6-14(20)17(16)22/h6-7,11-13,18H,2-5,8-9H2,1H3,(H,23,25)(H,24,26)/t12?,13?,18-/m0/s1. The molecular weight excluding hydrogens is 362 g/mol. The minimum atomic E-state index is -0.798. The third kappa shape index (κ3) is 4.00. The number of halogens is 3. The second kappa shape index (κ2) is 7.91. The maximum Gasteiger partial charge on any atom is 0.223 e. The van der Waals surface area contributed by atoms with Crippen LogP contribution in [0.2, 0.25) is 5.02 Å². The highest BCUT2D eigenvalue weighted by Gasteiger charge is 2.38. The summed E-state index contributed by atoms with van der Waals surface area (Å²) in [7, 11) is 0. The molecule has 142 valence electrons. The number of carbonyl (C=O) groups is 2. The van der Waals surface area contributed by atoms with Crippen molar-refractivity contribution < 1.29 is 18.4 Å². The summed E-state index contributed by atoms with van der Waals surface area (Å²) in [5, 5.41) is 5.50. The smallest absolute Gasteiger partial charge is 0.223 e. The Morgan fingerprint density at radius 3 is 2.46 bits per heavy atom. The average Bonchev–Trinajstić information content (AvgIpc) is 3.07. The third-order valence-corrected chi connectivity index (χ3v) is 5.77. The molecule has 7 heteroatoms. The van der Waals surface area contributed by atoms with Gasteiger partial charge in [0.1, 0.15) is 11.6 Å². The molecule has 26 heavy (non-hydrogen) atoms. The fourth-order valence-electron chi connectivity index (χ4n) is 4.05. The summed E-state index contributed by atoms with van der Waals surface area (Å²) in [5.41, 5.74) is -0.143. The van der Waals surface area contributed by atoms with Crippen molar-refractivity contribution in [1.82, 2.24) is 10.6 Å². The summed E-state index contributed by atoms with van der Waals surface area (Å²) >= 11 is 5.85. The van der Waals surface area contributed by atoms with Crippen LogP contribution in [0.25, 0.3) is 0 Å². The van der Waals surface area contributed by atoms with Crippen LogP contribution in [-0.4, -0.2) is 17.9 Å². The fraction of sp³-hybridized carbons (Fsp3) is 0.579. The van der Waals surface area contributed by atoms with E-state index in [-0.39, 0.29) is 40.3 Å². The van der Waals surface area contributed by atoms with Crippen molar-refractivity contribution in [1.29, 1.82) is 0 Å². The number of benzene rings is 1. The number of carbonyl (C=O) groups excluding carboxylic acids is 2. The van der Waals surface area contributed by atoms with Gasteiger partial charge >= 0.3 is 0 Å². The van der Waals surface area contributed by atoms with E-state index in [4.69, 9.17) is 11.6 Å². The van der Waals surface area contributed by atoms with Gasteiger partial charge in [-0.15, -0.1) is 0 Å². The lowest BCUT2D eigenvalue weighted by Gasteiger charge is -2.36. The van der Waals surface area contributed by atoms with Crippen LogP contribution < -0.4 is 10.6 Å². The molecule has 3 rings (SSSR count). The van der Waals surface area contributed by atoms with E-state index in [1.807, 2.05) is 0 Å². The predicted molar refractivity (Wildman–Crippen MR) is 94.5 cm³/mol. The topological polar surface area (TPSA) is 58.2 Å². The quantitative estimate of drug-likeness (QED) is 0.757. The lowest BCUT2D eigenvalue weighted by molar-refractivity contribution is -0.131. The summed E-state index contributed by atoms with van der Waals surface area (Å²) in [6.45, 7) is 1.44. The van der Waals surface area contributed by atoms with Crippen LogP contribution >= 0.6 is 11.6 Å². The van der Waals surface area contributed by atoms with Crippen molar-refractivity contribution in [2.75, 3.05) is 0 Å². The highest BCUT2D eigenvalue weighted by molar-refractivity contribution is 6.30. The summed E-state index contributed by atoms with van der Waals surface area (Å²) < 4.78 is 28.9. The Morgan fingerprint density at radius 1 is 1.19 bits per heavy atom. The zero-order valence-electron chi connectivity index (χ0n) is 14.7. The maximum absolute atomic E-state index is 14.5. The predicted octanol–water partition coefficient (Wildman–Crippen LogP) is 3.88. The Kier molecular flexibility index (Phi) is 5.80. The van der Waals surface area contributed by atoms with Crippen LogP contribution in [0.3, 0.4) is 0 Å². The van der Waals surface area contributed by atoms with Crippen LogP contribution in [-0.2, 0) is 9.59 Å². The first kappa shape index (κ1) is 19.1. The third-order valence-electron chi connectivity index (χ3n) is 5.48. The number of rotatable bonds is 5. The van der Waals surface area contributed by atoms with Crippen LogP contribution in [0.1, 0.15) is 57.1 Å². The number of nitrogens with one attached hydrogen (secondary N) is 2. The Hall–Kier alpha value is -1.69. The molecule has 2 aliphatic rings. The van der Waals surface area contributed by atoms with E-state index >= 15 is 0 Å². The molecule has 2 saturated carbocycles. The Balaban J connectivity index is 1.75. The minimum absolute atomic E-state index is 0.00665. The van der Waals surface area contributed by atoms with Crippen LogP contribution in [0.15, 0.2) is 12.1 Å². The van der Waals surface area contributed by atoms with Gasteiger partial charge in [-0.05, 0) is 43.7 Å². The van der Waals surface area contributed by atoms with Crippen molar-refractivity contribution in [3.63, 3.8) is 0 Å². The van der Waals surface area contributed by atoms with Crippen molar-refractivity contribution in [2.24, 2.45) is 11.8 Å². The molecule has 0 bridgehead atoms. The molecule has 0 heterocycles. The Labute approximate surface area is 156 Å². The zero-order chi connectivity index (χ0) is 18.8. The van der Waals surface area contributed by atoms with Gasteiger partial charge in [-0.25, -0.2) is 8.78 Å². The molecule has 0 aliphatic heterocycles. The summed E-state index contributed by atoms with van der Waals surface area (Å²) in [6, 6.07) is 1.61. The highest BCUT2D eigenvalue weighted by atomic mass is 35.5. The lowest BCUT2D eigenvalue weighted by Crippen LogP contribution is -2.50. The van der Waals surface area contributed by atoms with Gasteiger partial charge < -0.3 is 10.6 Å². The maximum atomic E-state index is 14.5. The molecular formula is C19H23ClF2N2O2. The zero-order valence-corrected chi connectivity index (χ0v) is 15.4. The highest BCUT2D eigenvalue weighted by Crippen LogP contribution is 2.40. The van der Waals surface area contributed by atoms with Crippen molar-refractivity contribution in [2.45, 2.75) is 57.5 Å². The number of amides is 2. The van der Waals surface area contributed by atoms with E-state index in [1.54, 1.807) is 0 Å². The molecule has 2 N–H and O–H groups in total. The molecule has 0 unspecified atom stereocenters. The second-order valence-electron chi connectivity index (χ2n) is 7.35. The van der Waals surface area contributed by atoms with E-state index in [0.29, 0.717) is 12.8 Å². The van der Waals surface area contributed by atoms with E-state index in [0.717, 1.165) is 31.7 Å². The summed E-state index contributed by atoms with van der Waals surface area (Å²) in [4.78, 5) is 23.7.